The minimum absolute atomic E-state index is 0.0362. The normalized spacial score (nSPS) is 24.4. The third-order valence-electron chi connectivity index (χ3n) is 5.20. The highest BCUT2D eigenvalue weighted by Gasteiger charge is 2.44. The van der Waals surface area contributed by atoms with E-state index in [2.05, 4.69) is 10.6 Å². The van der Waals surface area contributed by atoms with Crippen molar-refractivity contribution in [3.05, 3.63) is 24.3 Å². The van der Waals surface area contributed by atoms with Gasteiger partial charge < -0.3 is 25.0 Å². The molecule has 1 aromatic carbocycles. The predicted molar refractivity (Wildman–Crippen MR) is 106 cm³/mol. The van der Waals surface area contributed by atoms with Gasteiger partial charge in [0, 0.05) is 17.8 Å². The molecule has 0 aromatic heterocycles. The maximum atomic E-state index is 12.7. The molecule has 1 saturated carbocycles. The summed E-state index contributed by atoms with van der Waals surface area (Å²) >= 11 is 5.66. The van der Waals surface area contributed by atoms with Crippen molar-refractivity contribution in [1.29, 1.82) is 0 Å². The van der Waals surface area contributed by atoms with Gasteiger partial charge in [0.25, 0.3) is 0 Å². The lowest BCUT2D eigenvalue weighted by molar-refractivity contribution is -0.146. The molecule has 2 N–H and O–H groups in total. The number of anilines is 1. The van der Waals surface area contributed by atoms with E-state index < -0.39 is 12.0 Å². The molecule has 2 aliphatic rings. The van der Waals surface area contributed by atoms with Crippen LogP contribution in [0.4, 0.5) is 5.69 Å². The van der Waals surface area contributed by atoms with Crippen molar-refractivity contribution in [3.8, 4) is 5.75 Å². The van der Waals surface area contributed by atoms with Crippen molar-refractivity contribution in [2.75, 3.05) is 19.5 Å². The number of ether oxygens (including phenoxy) is 2. The van der Waals surface area contributed by atoms with Gasteiger partial charge in [0.1, 0.15) is 11.8 Å². The van der Waals surface area contributed by atoms with Gasteiger partial charge in [-0.15, -0.1) is 0 Å². The SMILES string of the molecule is COC(=O)C[C@H]1C(=O)N[C@@H]2CCCC[C@H]2N1C(=S)Nc1cccc(OC)c1. The van der Waals surface area contributed by atoms with Crippen LogP contribution in [0.1, 0.15) is 32.1 Å². The Morgan fingerprint density at radius 3 is 2.85 bits per heavy atom. The quantitative estimate of drug-likeness (QED) is 0.601. The maximum Gasteiger partial charge on any atom is 0.308 e. The van der Waals surface area contributed by atoms with Crippen LogP contribution in [-0.4, -0.2) is 54.2 Å². The van der Waals surface area contributed by atoms with Crippen molar-refractivity contribution in [1.82, 2.24) is 10.2 Å². The third kappa shape index (κ3) is 4.32. The first kappa shape index (κ1) is 19.4. The molecule has 2 fully saturated rings. The minimum atomic E-state index is -0.678. The zero-order chi connectivity index (χ0) is 19.4. The Morgan fingerprint density at radius 2 is 2.11 bits per heavy atom. The maximum absolute atomic E-state index is 12.7. The Morgan fingerprint density at radius 1 is 1.33 bits per heavy atom. The fourth-order valence-corrected chi connectivity index (χ4v) is 4.24. The van der Waals surface area contributed by atoms with Crippen LogP contribution in [0.15, 0.2) is 24.3 Å². The number of fused-ring (bicyclic) bond motifs is 1. The van der Waals surface area contributed by atoms with Gasteiger partial charge in [-0.25, -0.2) is 0 Å². The van der Waals surface area contributed by atoms with E-state index in [1.54, 1.807) is 7.11 Å². The molecule has 1 aliphatic carbocycles. The predicted octanol–water partition coefficient (Wildman–Crippen LogP) is 2.07. The second-order valence-electron chi connectivity index (χ2n) is 6.83. The molecule has 8 heteroatoms. The van der Waals surface area contributed by atoms with Crippen LogP contribution >= 0.6 is 12.2 Å². The summed E-state index contributed by atoms with van der Waals surface area (Å²) in [6.45, 7) is 0. The van der Waals surface area contributed by atoms with Crippen LogP contribution in [0.3, 0.4) is 0 Å². The summed E-state index contributed by atoms with van der Waals surface area (Å²) in [5.74, 6) is 0.0952. The summed E-state index contributed by atoms with van der Waals surface area (Å²) in [7, 11) is 2.93. The Balaban J connectivity index is 1.85. The molecule has 0 unspecified atom stereocenters. The van der Waals surface area contributed by atoms with Gasteiger partial charge in [0.05, 0.1) is 26.7 Å². The number of amides is 1. The molecule has 0 radical (unpaired) electrons. The Bertz CT molecular complexity index is 727. The first-order valence-electron chi connectivity index (χ1n) is 9.14. The van der Waals surface area contributed by atoms with Gasteiger partial charge in [0.15, 0.2) is 5.11 Å². The van der Waals surface area contributed by atoms with E-state index in [1.165, 1.54) is 7.11 Å². The van der Waals surface area contributed by atoms with Crippen molar-refractivity contribution in [2.45, 2.75) is 50.2 Å². The van der Waals surface area contributed by atoms with Crippen LogP contribution in [0.5, 0.6) is 5.75 Å². The molecule has 7 nitrogen and oxygen atoms in total. The zero-order valence-corrected chi connectivity index (χ0v) is 16.4. The summed E-state index contributed by atoms with van der Waals surface area (Å²) in [6.07, 6.45) is 3.95. The van der Waals surface area contributed by atoms with Crippen LogP contribution < -0.4 is 15.4 Å². The number of thiocarbonyl (C=S) groups is 1. The average Bonchev–Trinajstić information content (AvgIpc) is 2.68. The molecule has 1 heterocycles. The number of carbonyl (C=O) groups excluding carboxylic acids is 2. The molecule has 0 bridgehead atoms. The van der Waals surface area contributed by atoms with E-state index >= 15 is 0 Å². The van der Waals surface area contributed by atoms with Gasteiger partial charge in [0.2, 0.25) is 5.91 Å². The monoisotopic (exact) mass is 391 g/mol. The molecule has 1 saturated heterocycles. The highest BCUT2D eigenvalue weighted by molar-refractivity contribution is 7.80. The first-order valence-corrected chi connectivity index (χ1v) is 9.55. The lowest BCUT2D eigenvalue weighted by Crippen LogP contribution is -2.68. The summed E-state index contributed by atoms with van der Waals surface area (Å²) < 4.78 is 10.0. The number of carbonyl (C=O) groups is 2. The summed E-state index contributed by atoms with van der Waals surface area (Å²) in [5, 5.41) is 6.71. The molecule has 146 valence electrons. The van der Waals surface area contributed by atoms with Gasteiger partial charge in [-0.1, -0.05) is 18.9 Å². The average molecular weight is 391 g/mol. The zero-order valence-electron chi connectivity index (χ0n) is 15.6. The number of hydrogen-bond donors (Lipinski definition) is 2. The second kappa shape index (κ2) is 8.56. The molecule has 1 aromatic rings. The van der Waals surface area contributed by atoms with Gasteiger partial charge in [-0.2, -0.15) is 0 Å². The summed E-state index contributed by atoms with van der Waals surface area (Å²) in [5.41, 5.74) is 0.773. The topological polar surface area (TPSA) is 79.9 Å². The summed E-state index contributed by atoms with van der Waals surface area (Å²) in [4.78, 5) is 26.5. The summed E-state index contributed by atoms with van der Waals surface area (Å²) in [6, 6.07) is 6.86. The fourth-order valence-electron chi connectivity index (χ4n) is 3.86. The number of nitrogens with zero attached hydrogens (tertiary/aromatic N) is 1. The molecule has 3 rings (SSSR count). The number of benzene rings is 1. The largest absolute Gasteiger partial charge is 0.497 e. The highest BCUT2D eigenvalue weighted by atomic mass is 32.1. The molecule has 3 atom stereocenters. The Hall–Kier alpha value is -2.35. The number of hydrogen-bond acceptors (Lipinski definition) is 5. The van der Waals surface area contributed by atoms with Crippen molar-refractivity contribution < 1.29 is 19.1 Å². The smallest absolute Gasteiger partial charge is 0.308 e. The molecular weight excluding hydrogens is 366 g/mol. The minimum Gasteiger partial charge on any atom is -0.497 e. The third-order valence-corrected chi connectivity index (χ3v) is 5.51. The van der Waals surface area contributed by atoms with Gasteiger partial charge >= 0.3 is 5.97 Å². The standard InChI is InChI=1S/C19H25N3O4S/c1-25-13-7-5-6-12(10-13)20-19(27)22-15-9-4-3-8-14(15)21-18(24)16(22)11-17(23)26-2/h5-7,10,14-16H,3-4,8-9,11H2,1-2H3,(H,20,27)(H,21,24)/t14-,15-,16+/m1/s1. The van der Waals surface area contributed by atoms with Gasteiger partial charge in [-0.05, 0) is 37.2 Å². The number of rotatable bonds is 4. The van der Waals surface area contributed by atoms with E-state index in [0.717, 1.165) is 31.4 Å². The number of methoxy groups -OCH3 is 2. The molecular formula is C19H25N3O4S. The van der Waals surface area contributed by atoms with E-state index in [-0.39, 0.29) is 24.4 Å². The second-order valence-corrected chi connectivity index (χ2v) is 7.22. The van der Waals surface area contributed by atoms with Gasteiger partial charge in [-0.3, -0.25) is 9.59 Å². The van der Waals surface area contributed by atoms with Crippen LogP contribution in [0.2, 0.25) is 0 Å². The molecule has 0 spiro atoms. The molecule has 1 aliphatic heterocycles. The molecule has 27 heavy (non-hydrogen) atoms. The van der Waals surface area contributed by atoms with E-state index in [0.29, 0.717) is 10.9 Å². The Labute approximate surface area is 164 Å². The molecule has 1 amide bonds. The van der Waals surface area contributed by atoms with Crippen molar-refractivity contribution in [3.63, 3.8) is 0 Å². The fraction of sp³-hybridized carbons (Fsp3) is 0.526. The van der Waals surface area contributed by atoms with Crippen LogP contribution in [-0.2, 0) is 14.3 Å². The lowest BCUT2D eigenvalue weighted by atomic mass is 9.85. The lowest BCUT2D eigenvalue weighted by Gasteiger charge is -2.49. The number of esters is 1. The van der Waals surface area contributed by atoms with Crippen molar-refractivity contribution >= 4 is 34.9 Å². The van der Waals surface area contributed by atoms with Crippen LogP contribution in [0, 0.1) is 0 Å². The number of piperazine rings is 1. The number of nitrogens with one attached hydrogen (secondary N) is 2. The van der Waals surface area contributed by atoms with E-state index in [9.17, 15) is 9.59 Å². The first-order chi connectivity index (χ1) is 13.0. The van der Waals surface area contributed by atoms with Crippen molar-refractivity contribution in [2.24, 2.45) is 0 Å². The van der Waals surface area contributed by atoms with E-state index in [1.807, 2.05) is 29.2 Å². The van der Waals surface area contributed by atoms with E-state index in [4.69, 9.17) is 21.7 Å². The Kier molecular flexibility index (Phi) is 6.15. The highest BCUT2D eigenvalue weighted by Crippen LogP contribution is 2.30. The van der Waals surface area contributed by atoms with Crippen LogP contribution in [0.25, 0.3) is 0 Å².